The van der Waals surface area contributed by atoms with Crippen LogP contribution in [0.4, 0.5) is 0 Å². The molecule has 1 aliphatic rings. The standard InChI is InChI=1S/C17H15Cl2NO4/c1-10(24-12-3-4-13(18)14(19)7-12)17(21)20-8-11-2-5-15-16(6-11)23-9-22-15/h2-7,10H,8-9H2,1H3,(H,20,21). The Balaban J connectivity index is 1.55. The van der Waals surface area contributed by atoms with Gasteiger partial charge in [0.15, 0.2) is 17.6 Å². The largest absolute Gasteiger partial charge is 0.481 e. The number of carbonyl (C=O) groups excluding carboxylic acids is 1. The van der Waals surface area contributed by atoms with Gasteiger partial charge in [0.1, 0.15) is 5.75 Å². The molecule has 2 aromatic rings. The maximum atomic E-state index is 12.2. The number of amides is 1. The second-order valence-electron chi connectivity index (χ2n) is 5.24. The lowest BCUT2D eigenvalue weighted by Crippen LogP contribution is -2.35. The predicted octanol–water partition coefficient (Wildman–Crippen LogP) is 3.81. The highest BCUT2D eigenvalue weighted by Crippen LogP contribution is 2.32. The SMILES string of the molecule is CC(Oc1ccc(Cl)c(Cl)c1)C(=O)NCc1ccc2c(c1)OCO2. The molecule has 0 radical (unpaired) electrons. The molecule has 0 fully saturated rings. The summed E-state index contributed by atoms with van der Waals surface area (Å²) in [7, 11) is 0. The predicted molar refractivity (Wildman–Crippen MR) is 91.0 cm³/mol. The van der Waals surface area contributed by atoms with E-state index in [2.05, 4.69) is 5.32 Å². The van der Waals surface area contributed by atoms with Crippen LogP contribution in [0.25, 0.3) is 0 Å². The molecule has 0 spiro atoms. The van der Waals surface area contributed by atoms with Gasteiger partial charge in [0.05, 0.1) is 10.0 Å². The average Bonchev–Trinajstić information content (AvgIpc) is 3.03. The Kier molecular flexibility index (Phi) is 5.02. The summed E-state index contributed by atoms with van der Waals surface area (Å²) in [5.74, 6) is 1.64. The van der Waals surface area contributed by atoms with Crippen LogP contribution in [0.2, 0.25) is 10.0 Å². The second-order valence-corrected chi connectivity index (χ2v) is 6.06. The molecule has 1 aliphatic heterocycles. The van der Waals surface area contributed by atoms with Crippen LogP contribution in [0.3, 0.4) is 0 Å². The quantitative estimate of drug-likeness (QED) is 0.872. The van der Waals surface area contributed by atoms with Gasteiger partial charge in [-0.2, -0.15) is 0 Å². The van der Waals surface area contributed by atoms with Crippen molar-refractivity contribution < 1.29 is 19.0 Å². The van der Waals surface area contributed by atoms with Crippen LogP contribution in [0.15, 0.2) is 36.4 Å². The third kappa shape index (κ3) is 3.86. The van der Waals surface area contributed by atoms with E-state index in [1.807, 2.05) is 18.2 Å². The van der Waals surface area contributed by atoms with Crippen LogP contribution in [0.1, 0.15) is 12.5 Å². The van der Waals surface area contributed by atoms with Crippen molar-refractivity contribution in [1.29, 1.82) is 0 Å². The first kappa shape index (κ1) is 16.7. The fraction of sp³-hybridized carbons (Fsp3) is 0.235. The minimum atomic E-state index is -0.670. The Labute approximate surface area is 149 Å². The Morgan fingerprint density at radius 3 is 2.75 bits per heavy atom. The van der Waals surface area contributed by atoms with Gasteiger partial charge in [0.25, 0.3) is 5.91 Å². The van der Waals surface area contributed by atoms with E-state index < -0.39 is 6.10 Å². The molecule has 1 amide bonds. The lowest BCUT2D eigenvalue weighted by Gasteiger charge is -2.15. The minimum Gasteiger partial charge on any atom is -0.481 e. The maximum absolute atomic E-state index is 12.2. The van der Waals surface area contributed by atoms with E-state index in [0.29, 0.717) is 33.8 Å². The summed E-state index contributed by atoms with van der Waals surface area (Å²) in [5.41, 5.74) is 0.911. The van der Waals surface area contributed by atoms with Crippen LogP contribution in [-0.2, 0) is 11.3 Å². The monoisotopic (exact) mass is 367 g/mol. The minimum absolute atomic E-state index is 0.222. The van der Waals surface area contributed by atoms with E-state index in [1.54, 1.807) is 25.1 Å². The third-order valence-corrected chi connectivity index (χ3v) is 4.22. The summed E-state index contributed by atoms with van der Waals surface area (Å²) in [5, 5.41) is 3.63. The van der Waals surface area contributed by atoms with Crippen molar-refractivity contribution in [2.75, 3.05) is 6.79 Å². The molecule has 0 bridgehead atoms. The van der Waals surface area contributed by atoms with Crippen molar-refractivity contribution in [2.45, 2.75) is 19.6 Å². The summed E-state index contributed by atoms with van der Waals surface area (Å²) in [4.78, 5) is 12.2. The molecule has 3 rings (SSSR count). The number of fused-ring (bicyclic) bond motifs is 1. The van der Waals surface area contributed by atoms with Crippen molar-refractivity contribution in [3.05, 3.63) is 52.0 Å². The number of benzene rings is 2. The van der Waals surface area contributed by atoms with E-state index in [9.17, 15) is 4.79 Å². The molecular formula is C17H15Cl2NO4. The molecule has 0 saturated heterocycles. The van der Waals surface area contributed by atoms with Crippen molar-refractivity contribution >= 4 is 29.1 Å². The number of ether oxygens (including phenoxy) is 3. The summed E-state index contributed by atoms with van der Waals surface area (Å²) >= 11 is 11.8. The zero-order valence-corrected chi connectivity index (χ0v) is 14.4. The van der Waals surface area contributed by atoms with Gasteiger partial charge in [0.2, 0.25) is 6.79 Å². The van der Waals surface area contributed by atoms with Gasteiger partial charge >= 0.3 is 0 Å². The molecule has 0 saturated carbocycles. The second kappa shape index (κ2) is 7.20. The maximum Gasteiger partial charge on any atom is 0.261 e. The molecule has 1 atom stereocenters. The molecule has 1 heterocycles. The van der Waals surface area contributed by atoms with Crippen molar-refractivity contribution in [3.8, 4) is 17.2 Å². The van der Waals surface area contributed by atoms with E-state index in [4.69, 9.17) is 37.4 Å². The molecule has 1 unspecified atom stereocenters. The normalized spacial score (nSPS) is 13.5. The van der Waals surface area contributed by atoms with Gasteiger partial charge in [-0.1, -0.05) is 29.3 Å². The highest BCUT2D eigenvalue weighted by molar-refractivity contribution is 6.42. The van der Waals surface area contributed by atoms with Crippen LogP contribution < -0.4 is 19.5 Å². The zero-order chi connectivity index (χ0) is 17.1. The van der Waals surface area contributed by atoms with Gasteiger partial charge in [-0.15, -0.1) is 0 Å². The summed E-state index contributed by atoms with van der Waals surface area (Å²) in [6.45, 7) is 2.25. The smallest absolute Gasteiger partial charge is 0.261 e. The van der Waals surface area contributed by atoms with Gasteiger partial charge < -0.3 is 19.5 Å². The topological polar surface area (TPSA) is 56.8 Å². The summed E-state index contributed by atoms with van der Waals surface area (Å²) < 4.78 is 16.1. The van der Waals surface area contributed by atoms with Crippen LogP contribution in [0, 0.1) is 0 Å². The Morgan fingerprint density at radius 1 is 1.17 bits per heavy atom. The lowest BCUT2D eigenvalue weighted by atomic mass is 10.2. The molecule has 0 aromatic heterocycles. The van der Waals surface area contributed by atoms with Crippen LogP contribution >= 0.6 is 23.2 Å². The molecule has 0 aliphatic carbocycles. The molecule has 126 valence electrons. The number of carbonyl (C=O) groups is 1. The van der Waals surface area contributed by atoms with E-state index in [1.165, 1.54) is 0 Å². The summed E-state index contributed by atoms with van der Waals surface area (Å²) in [6, 6.07) is 10.4. The molecule has 7 heteroatoms. The zero-order valence-electron chi connectivity index (χ0n) is 12.8. The van der Waals surface area contributed by atoms with Crippen LogP contribution in [-0.4, -0.2) is 18.8 Å². The fourth-order valence-corrected chi connectivity index (χ4v) is 2.48. The lowest BCUT2D eigenvalue weighted by molar-refractivity contribution is -0.127. The Hall–Kier alpha value is -2.11. The van der Waals surface area contributed by atoms with E-state index in [0.717, 1.165) is 5.56 Å². The van der Waals surface area contributed by atoms with E-state index in [-0.39, 0.29) is 12.7 Å². The fourth-order valence-electron chi connectivity index (χ4n) is 2.19. The highest BCUT2D eigenvalue weighted by Gasteiger charge is 2.16. The molecule has 2 aromatic carbocycles. The molecule has 24 heavy (non-hydrogen) atoms. The first-order chi connectivity index (χ1) is 11.5. The number of halogens is 2. The van der Waals surface area contributed by atoms with Crippen LogP contribution in [0.5, 0.6) is 17.2 Å². The van der Waals surface area contributed by atoms with Gasteiger partial charge in [-0.05, 0) is 36.8 Å². The van der Waals surface area contributed by atoms with Crippen molar-refractivity contribution in [3.63, 3.8) is 0 Å². The van der Waals surface area contributed by atoms with Gasteiger partial charge in [0, 0.05) is 12.6 Å². The Morgan fingerprint density at radius 2 is 1.96 bits per heavy atom. The average molecular weight is 368 g/mol. The molecule has 1 N–H and O–H groups in total. The summed E-state index contributed by atoms with van der Waals surface area (Å²) in [6.07, 6.45) is -0.670. The number of hydrogen-bond donors (Lipinski definition) is 1. The molecule has 5 nitrogen and oxygen atoms in total. The first-order valence-electron chi connectivity index (χ1n) is 7.31. The Bertz CT molecular complexity index is 766. The first-order valence-corrected chi connectivity index (χ1v) is 8.06. The number of hydrogen-bond acceptors (Lipinski definition) is 4. The van der Waals surface area contributed by atoms with Crippen molar-refractivity contribution in [1.82, 2.24) is 5.32 Å². The third-order valence-electron chi connectivity index (χ3n) is 3.48. The van der Waals surface area contributed by atoms with E-state index >= 15 is 0 Å². The van der Waals surface area contributed by atoms with Crippen molar-refractivity contribution in [2.24, 2.45) is 0 Å². The highest BCUT2D eigenvalue weighted by atomic mass is 35.5. The number of nitrogens with one attached hydrogen (secondary N) is 1. The van der Waals surface area contributed by atoms with Gasteiger partial charge in [-0.25, -0.2) is 0 Å². The van der Waals surface area contributed by atoms with Gasteiger partial charge in [-0.3, -0.25) is 4.79 Å². The molecular weight excluding hydrogens is 353 g/mol. The number of rotatable bonds is 5.